The van der Waals surface area contributed by atoms with E-state index in [2.05, 4.69) is 20.8 Å². The van der Waals surface area contributed by atoms with Crippen LogP contribution in [-0.4, -0.2) is 72.2 Å². The number of fused-ring (bicyclic) bond motifs is 2. The Morgan fingerprint density at radius 2 is 1.47 bits per heavy atom. The number of hydrogen-bond donors (Lipinski definition) is 1. The smallest absolute Gasteiger partial charge is 0.407 e. The molecule has 2 aromatic carbocycles. The monoisotopic (exact) mass is 546 g/mol. The van der Waals surface area contributed by atoms with Gasteiger partial charge in [-0.15, -0.1) is 0 Å². The molecular weight excluding hydrogens is 513 g/mol. The van der Waals surface area contributed by atoms with Gasteiger partial charge < -0.3 is 14.4 Å². The van der Waals surface area contributed by atoms with E-state index in [0.717, 1.165) is 10.4 Å². The van der Waals surface area contributed by atoms with E-state index in [9.17, 15) is 27.9 Å². The predicted octanol–water partition coefficient (Wildman–Crippen LogP) is 4.24. The van der Waals surface area contributed by atoms with Gasteiger partial charge in [0.2, 0.25) is 5.91 Å². The standard InChI is InChI=1S/C28H33F3N2O4Si/c1-27(2,3)38(19-10-6-4-7-11-19,20-12-8-5-9-13-20)37-25-22-15-18-14-21(33(22)26(35)36)24(25)32(17-18)23(34)16-28(29,30)31/h4-13,18,21-22,24-25H,14-17H2,1-3H3,(H,35,36). The van der Waals surface area contributed by atoms with E-state index < -0.39 is 62.2 Å². The summed E-state index contributed by atoms with van der Waals surface area (Å²) in [6.45, 7) is 6.48. The van der Waals surface area contributed by atoms with Gasteiger partial charge in [0.15, 0.2) is 0 Å². The summed E-state index contributed by atoms with van der Waals surface area (Å²) >= 11 is 0. The van der Waals surface area contributed by atoms with Gasteiger partial charge in [0.1, 0.15) is 6.42 Å². The molecule has 0 spiro atoms. The van der Waals surface area contributed by atoms with E-state index in [0.29, 0.717) is 12.8 Å². The lowest BCUT2D eigenvalue weighted by Crippen LogP contribution is -2.69. The van der Waals surface area contributed by atoms with Gasteiger partial charge in [-0.25, -0.2) is 4.79 Å². The summed E-state index contributed by atoms with van der Waals surface area (Å²) in [6.07, 6.45) is -7.10. The first kappa shape index (κ1) is 26.7. The minimum Gasteiger partial charge on any atom is -0.465 e. The van der Waals surface area contributed by atoms with E-state index >= 15 is 0 Å². The Bertz CT molecular complexity index is 1150. The summed E-state index contributed by atoms with van der Waals surface area (Å²) < 4.78 is 47.3. The van der Waals surface area contributed by atoms with Crippen LogP contribution in [0.1, 0.15) is 40.0 Å². The number of halogens is 3. The maximum atomic E-state index is 13.3. The first-order valence-corrected chi connectivity index (χ1v) is 14.9. The highest BCUT2D eigenvalue weighted by atomic mass is 28.4. The highest BCUT2D eigenvalue weighted by molar-refractivity contribution is 6.99. The Kier molecular flexibility index (Phi) is 6.62. The summed E-state index contributed by atoms with van der Waals surface area (Å²) in [7, 11) is -3.17. The molecule has 5 unspecified atom stereocenters. The van der Waals surface area contributed by atoms with Gasteiger partial charge in [-0.05, 0) is 34.2 Å². The first-order chi connectivity index (χ1) is 17.8. The van der Waals surface area contributed by atoms with Crippen molar-refractivity contribution in [3.63, 3.8) is 0 Å². The Balaban J connectivity index is 1.66. The number of hydrogen-bond acceptors (Lipinski definition) is 3. The van der Waals surface area contributed by atoms with Gasteiger partial charge in [-0.2, -0.15) is 13.2 Å². The van der Waals surface area contributed by atoms with Gasteiger partial charge >= 0.3 is 12.3 Å². The van der Waals surface area contributed by atoms with Crippen LogP contribution in [0.4, 0.5) is 18.0 Å². The number of nitrogens with zero attached hydrogens (tertiary/aromatic N) is 2. The fraction of sp³-hybridized carbons (Fsp3) is 0.500. The molecule has 5 rings (SSSR count). The summed E-state index contributed by atoms with van der Waals surface area (Å²) in [5.74, 6) is -1.08. The highest BCUT2D eigenvalue weighted by Crippen LogP contribution is 2.49. The molecule has 204 valence electrons. The number of piperidine rings is 2. The van der Waals surface area contributed by atoms with Crippen LogP contribution < -0.4 is 10.4 Å². The van der Waals surface area contributed by atoms with E-state index in [1.807, 2.05) is 60.7 Å². The third-order valence-corrected chi connectivity index (χ3v) is 13.4. The number of likely N-dealkylation sites (tertiary alicyclic amines) is 1. The van der Waals surface area contributed by atoms with Crippen molar-refractivity contribution in [1.29, 1.82) is 0 Å². The van der Waals surface area contributed by atoms with Gasteiger partial charge in [0.05, 0.1) is 24.2 Å². The SMILES string of the molecule is CC(C)(C)[Si](OC1C2C3CC(CC1N3C(=O)O)CN2C(=O)CC(F)(F)F)(c1ccccc1)c1ccccc1. The fourth-order valence-electron chi connectivity index (χ4n) is 7.10. The van der Waals surface area contributed by atoms with Gasteiger partial charge in [0, 0.05) is 6.54 Å². The Morgan fingerprint density at radius 1 is 0.947 bits per heavy atom. The quantitative estimate of drug-likeness (QED) is 0.570. The molecule has 3 bridgehead atoms. The van der Waals surface area contributed by atoms with E-state index in [4.69, 9.17) is 4.43 Å². The molecule has 2 aromatic rings. The van der Waals surface area contributed by atoms with Crippen LogP contribution in [-0.2, 0) is 9.22 Å². The van der Waals surface area contributed by atoms with Crippen LogP contribution >= 0.6 is 0 Å². The molecule has 3 saturated heterocycles. The van der Waals surface area contributed by atoms with Crippen molar-refractivity contribution in [2.45, 2.75) is 75.5 Å². The third-order valence-electron chi connectivity index (χ3n) is 8.41. The molecule has 2 amide bonds. The van der Waals surface area contributed by atoms with Crippen molar-refractivity contribution in [1.82, 2.24) is 9.80 Å². The third kappa shape index (κ3) is 4.41. The normalized spacial score (nSPS) is 27.1. The number of carboxylic acid groups (broad SMARTS) is 1. The fourth-order valence-corrected chi connectivity index (χ4v) is 11.8. The van der Waals surface area contributed by atoms with Crippen molar-refractivity contribution >= 4 is 30.7 Å². The van der Waals surface area contributed by atoms with E-state index in [-0.39, 0.29) is 12.5 Å². The van der Waals surface area contributed by atoms with Crippen LogP contribution in [0, 0.1) is 5.92 Å². The number of alkyl halides is 3. The zero-order valence-electron chi connectivity index (χ0n) is 21.7. The van der Waals surface area contributed by atoms with Crippen molar-refractivity contribution in [3.05, 3.63) is 60.7 Å². The molecule has 5 atom stereocenters. The minimum absolute atomic E-state index is 0.0678. The zero-order chi connectivity index (χ0) is 27.5. The van der Waals surface area contributed by atoms with Gasteiger partial charge in [-0.1, -0.05) is 81.4 Å². The van der Waals surface area contributed by atoms with E-state index in [1.54, 1.807) is 0 Å². The number of carbonyl (C=O) groups is 2. The average Bonchev–Trinajstić information content (AvgIpc) is 2.95. The molecule has 0 aromatic heterocycles. The number of amides is 2. The van der Waals surface area contributed by atoms with Crippen LogP contribution in [0.15, 0.2) is 60.7 Å². The van der Waals surface area contributed by atoms with Crippen molar-refractivity contribution < 1.29 is 32.3 Å². The largest absolute Gasteiger partial charge is 0.465 e. The van der Waals surface area contributed by atoms with Gasteiger partial charge in [0.25, 0.3) is 8.32 Å². The highest BCUT2D eigenvalue weighted by Gasteiger charge is 2.64. The van der Waals surface area contributed by atoms with Gasteiger partial charge in [-0.3, -0.25) is 9.69 Å². The number of carbonyl (C=O) groups excluding carboxylic acids is 1. The topological polar surface area (TPSA) is 70.1 Å². The molecule has 38 heavy (non-hydrogen) atoms. The molecule has 1 N–H and O–H groups in total. The molecule has 0 saturated carbocycles. The lowest BCUT2D eigenvalue weighted by Gasteiger charge is -2.47. The van der Waals surface area contributed by atoms with Crippen LogP contribution in [0.25, 0.3) is 0 Å². The Morgan fingerprint density at radius 3 is 1.95 bits per heavy atom. The summed E-state index contributed by atoms with van der Waals surface area (Å²) in [5.41, 5.74) is 0. The van der Waals surface area contributed by atoms with Crippen LogP contribution in [0.5, 0.6) is 0 Å². The second-order valence-electron chi connectivity index (χ2n) is 11.7. The minimum atomic E-state index is -4.65. The maximum absolute atomic E-state index is 13.3. The predicted molar refractivity (Wildman–Crippen MR) is 139 cm³/mol. The summed E-state index contributed by atoms with van der Waals surface area (Å²) in [4.78, 5) is 28.1. The first-order valence-electron chi connectivity index (χ1n) is 13.0. The second-order valence-corrected chi connectivity index (χ2v) is 16.0. The average molecular weight is 547 g/mol. The van der Waals surface area contributed by atoms with Crippen molar-refractivity contribution in [2.24, 2.45) is 5.92 Å². The molecular formula is C28H33F3N2O4Si. The maximum Gasteiger partial charge on any atom is 0.407 e. The van der Waals surface area contributed by atoms with Crippen LogP contribution in [0.2, 0.25) is 5.04 Å². The molecule has 3 aliphatic heterocycles. The molecule has 3 aliphatic rings. The number of rotatable bonds is 5. The summed E-state index contributed by atoms with van der Waals surface area (Å²) in [5, 5.41) is 11.7. The van der Waals surface area contributed by atoms with Crippen molar-refractivity contribution in [3.8, 4) is 0 Å². The lowest BCUT2D eigenvalue weighted by molar-refractivity contribution is -0.166. The Hall–Kier alpha value is -2.85. The molecule has 0 aliphatic carbocycles. The second kappa shape index (κ2) is 9.41. The molecule has 0 radical (unpaired) electrons. The van der Waals surface area contributed by atoms with E-state index in [1.165, 1.54) is 9.80 Å². The Labute approximate surface area is 221 Å². The molecule has 3 fully saturated rings. The van der Waals surface area contributed by atoms with Crippen molar-refractivity contribution in [2.75, 3.05) is 6.54 Å². The number of benzene rings is 2. The molecule has 10 heteroatoms. The zero-order valence-corrected chi connectivity index (χ0v) is 22.7. The summed E-state index contributed by atoms with van der Waals surface area (Å²) in [6, 6.07) is 17.8. The molecule has 3 heterocycles. The van der Waals surface area contributed by atoms with Crippen LogP contribution in [0.3, 0.4) is 0 Å². The lowest BCUT2D eigenvalue weighted by atomic mass is 9.86. The molecule has 6 nitrogen and oxygen atoms in total.